The van der Waals surface area contributed by atoms with Crippen molar-refractivity contribution in [1.82, 2.24) is 15.0 Å². The van der Waals surface area contributed by atoms with Gasteiger partial charge in [-0.3, -0.25) is 0 Å². The van der Waals surface area contributed by atoms with Crippen LogP contribution < -0.4 is 0 Å². The maximum absolute atomic E-state index is 8.70. The lowest BCUT2D eigenvalue weighted by atomic mass is 10.00. The van der Waals surface area contributed by atoms with E-state index in [-0.39, 0.29) is 29.3 Å². The molecule has 9 rings (SSSR count). The van der Waals surface area contributed by atoms with Crippen molar-refractivity contribution in [2.75, 3.05) is 0 Å². The second-order valence-corrected chi connectivity index (χ2v) is 10.5. The van der Waals surface area contributed by atoms with E-state index in [2.05, 4.69) is 36.4 Å². The summed E-state index contributed by atoms with van der Waals surface area (Å²) in [6.07, 6.45) is 0. The molecule has 2 aromatic heterocycles. The third-order valence-electron chi connectivity index (χ3n) is 7.97. The minimum atomic E-state index is -0.482. The molecule has 4 nitrogen and oxygen atoms in total. The third kappa shape index (κ3) is 3.88. The van der Waals surface area contributed by atoms with E-state index in [9.17, 15) is 0 Å². The highest BCUT2D eigenvalue weighted by molar-refractivity contribution is 6.13. The highest BCUT2D eigenvalue weighted by Gasteiger charge is 2.18. The molecule has 0 N–H and O–H groups in total. The summed E-state index contributed by atoms with van der Waals surface area (Å²) in [5.74, 6) is 0.536. The van der Waals surface area contributed by atoms with Crippen LogP contribution >= 0.6 is 0 Å². The highest BCUT2D eigenvalue weighted by Crippen LogP contribution is 2.38. The molecule has 0 aliphatic carbocycles. The Labute approximate surface area is 253 Å². The standard InChI is InChI=1S/C39H23N3O/c1-2-10-26(11-3-1)37-40-38(29-20-19-25-18-17-24-9-6-7-14-30(24)33(25)22-29)42-39(41-37)32-16-8-15-31-34-21-27-12-4-5-13-28(27)23-35(34)43-36(31)32/h1-23H/i1D,2D,3D,10D,11D. The fraction of sp³-hybridized carbons (Fsp3) is 0. The number of fused-ring (bicyclic) bond motifs is 7. The fourth-order valence-electron chi connectivity index (χ4n) is 5.90. The largest absolute Gasteiger partial charge is 0.455 e. The first-order chi connectivity index (χ1) is 23.4. The summed E-state index contributed by atoms with van der Waals surface area (Å²) in [4.78, 5) is 14.5. The molecule has 0 atom stereocenters. The minimum Gasteiger partial charge on any atom is -0.455 e. The van der Waals surface area contributed by atoms with Crippen molar-refractivity contribution in [3.05, 3.63) is 139 Å². The third-order valence-corrected chi connectivity index (χ3v) is 7.97. The average Bonchev–Trinajstić information content (AvgIpc) is 3.49. The van der Waals surface area contributed by atoms with Crippen molar-refractivity contribution in [2.45, 2.75) is 0 Å². The Bertz CT molecular complexity index is 2780. The minimum absolute atomic E-state index is 0.0242. The molecule has 2 heterocycles. The van der Waals surface area contributed by atoms with Crippen LogP contribution in [0.25, 0.3) is 88.4 Å². The van der Waals surface area contributed by atoms with Gasteiger partial charge in [-0.2, -0.15) is 0 Å². The number of aromatic nitrogens is 3. The molecule has 4 heteroatoms. The molecule has 0 fully saturated rings. The zero-order chi connectivity index (χ0) is 32.7. The van der Waals surface area contributed by atoms with Crippen LogP contribution in [0.1, 0.15) is 6.85 Å². The lowest BCUT2D eigenvalue weighted by Crippen LogP contribution is -2.00. The van der Waals surface area contributed by atoms with Gasteiger partial charge in [0.15, 0.2) is 17.5 Å². The number of para-hydroxylation sites is 1. The molecule has 0 saturated heterocycles. The number of furan rings is 1. The lowest BCUT2D eigenvalue weighted by molar-refractivity contribution is 0.670. The summed E-state index contributed by atoms with van der Waals surface area (Å²) < 4.78 is 48.7. The second kappa shape index (κ2) is 9.33. The van der Waals surface area contributed by atoms with Crippen LogP contribution in [0.5, 0.6) is 0 Å². The highest BCUT2D eigenvalue weighted by atomic mass is 16.3. The van der Waals surface area contributed by atoms with Crippen molar-refractivity contribution >= 4 is 54.3 Å². The normalized spacial score (nSPS) is 13.3. The molecule has 200 valence electrons. The summed E-state index contributed by atoms with van der Waals surface area (Å²) in [5.41, 5.74) is 2.49. The van der Waals surface area contributed by atoms with Crippen LogP contribution in [0.4, 0.5) is 0 Å². The van der Waals surface area contributed by atoms with Gasteiger partial charge < -0.3 is 4.42 Å². The van der Waals surface area contributed by atoms with Crippen molar-refractivity contribution in [1.29, 1.82) is 0 Å². The Hall–Kier alpha value is -5.87. The maximum Gasteiger partial charge on any atom is 0.167 e. The van der Waals surface area contributed by atoms with Crippen molar-refractivity contribution in [3.8, 4) is 34.2 Å². The van der Waals surface area contributed by atoms with Crippen LogP contribution in [0.2, 0.25) is 0 Å². The molecule has 9 aromatic rings. The van der Waals surface area contributed by atoms with E-state index in [1.807, 2.05) is 72.8 Å². The first kappa shape index (κ1) is 19.3. The molecule has 0 aliphatic heterocycles. The maximum atomic E-state index is 8.70. The van der Waals surface area contributed by atoms with Gasteiger partial charge in [0, 0.05) is 21.9 Å². The summed E-state index contributed by atoms with van der Waals surface area (Å²) in [6, 6.07) is 34.1. The molecular weight excluding hydrogens is 526 g/mol. The molecule has 0 radical (unpaired) electrons. The van der Waals surface area contributed by atoms with Crippen LogP contribution in [-0.2, 0) is 0 Å². The lowest BCUT2D eigenvalue weighted by Gasteiger charge is -2.10. The molecule has 7 aromatic carbocycles. The van der Waals surface area contributed by atoms with E-state index in [1.54, 1.807) is 0 Å². The molecule has 43 heavy (non-hydrogen) atoms. The van der Waals surface area contributed by atoms with Gasteiger partial charge in [0.05, 0.1) is 12.4 Å². The molecular formula is C39H23N3O. The van der Waals surface area contributed by atoms with Crippen molar-refractivity contribution in [2.24, 2.45) is 0 Å². The molecule has 0 aliphatic rings. The Morgan fingerprint density at radius 2 is 1.12 bits per heavy atom. The van der Waals surface area contributed by atoms with E-state index in [0.717, 1.165) is 48.7 Å². The molecule has 0 amide bonds. The van der Waals surface area contributed by atoms with Crippen LogP contribution in [0, 0.1) is 0 Å². The van der Waals surface area contributed by atoms with Gasteiger partial charge in [0.1, 0.15) is 11.2 Å². The molecule has 0 spiro atoms. The number of nitrogens with zero attached hydrogens (tertiary/aromatic N) is 3. The molecule has 0 saturated carbocycles. The van der Waals surface area contributed by atoms with Gasteiger partial charge in [-0.15, -0.1) is 0 Å². The van der Waals surface area contributed by atoms with Crippen LogP contribution in [0.3, 0.4) is 0 Å². The van der Waals surface area contributed by atoms with Crippen LogP contribution in [-0.4, -0.2) is 15.0 Å². The first-order valence-electron chi connectivity index (χ1n) is 16.5. The summed E-state index contributed by atoms with van der Waals surface area (Å²) in [6.45, 7) is 0. The van der Waals surface area contributed by atoms with Gasteiger partial charge >= 0.3 is 0 Å². The Balaban J connectivity index is 1.34. The topological polar surface area (TPSA) is 51.8 Å². The quantitative estimate of drug-likeness (QED) is 0.204. The summed E-state index contributed by atoms with van der Waals surface area (Å²) >= 11 is 0. The smallest absolute Gasteiger partial charge is 0.167 e. The van der Waals surface area contributed by atoms with Gasteiger partial charge in [-0.1, -0.05) is 115 Å². The zero-order valence-electron chi connectivity index (χ0n) is 27.6. The average molecular weight is 555 g/mol. The van der Waals surface area contributed by atoms with E-state index < -0.39 is 18.1 Å². The first-order valence-corrected chi connectivity index (χ1v) is 14.0. The van der Waals surface area contributed by atoms with Crippen molar-refractivity contribution in [3.63, 3.8) is 0 Å². The van der Waals surface area contributed by atoms with Gasteiger partial charge in [0.2, 0.25) is 0 Å². The fourth-order valence-corrected chi connectivity index (χ4v) is 5.90. The van der Waals surface area contributed by atoms with Gasteiger partial charge in [0.25, 0.3) is 0 Å². The predicted molar refractivity (Wildman–Crippen MR) is 176 cm³/mol. The Kier molecular flexibility index (Phi) is 4.18. The van der Waals surface area contributed by atoms with E-state index in [1.165, 1.54) is 0 Å². The zero-order valence-corrected chi connectivity index (χ0v) is 22.6. The molecule has 0 bridgehead atoms. The number of benzene rings is 7. The van der Waals surface area contributed by atoms with E-state index in [0.29, 0.717) is 22.5 Å². The summed E-state index contributed by atoms with van der Waals surface area (Å²) in [7, 11) is 0. The predicted octanol–water partition coefficient (Wildman–Crippen LogP) is 10.2. The SMILES string of the molecule is [2H]c1c([2H])c([2H])c(-c2nc(-c3ccc4ccc5ccccc5c4c3)nc(-c3cccc4c3oc3cc5ccccc5cc34)n2)c([2H])c1[2H]. The number of rotatable bonds is 3. The van der Waals surface area contributed by atoms with Crippen molar-refractivity contribution < 1.29 is 11.3 Å². The van der Waals surface area contributed by atoms with E-state index >= 15 is 0 Å². The molecule has 0 unspecified atom stereocenters. The van der Waals surface area contributed by atoms with Crippen LogP contribution in [0.15, 0.2) is 144 Å². The monoisotopic (exact) mass is 554 g/mol. The Morgan fingerprint density at radius 3 is 1.95 bits per heavy atom. The second-order valence-electron chi connectivity index (χ2n) is 10.5. The number of hydrogen-bond donors (Lipinski definition) is 0. The Morgan fingerprint density at radius 1 is 0.465 bits per heavy atom. The summed E-state index contributed by atoms with van der Waals surface area (Å²) in [5, 5.41) is 8.23. The number of hydrogen-bond acceptors (Lipinski definition) is 4. The van der Waals surface area contributed by atoms with Gasteiger partial charge in [-0.25, -0.2) is 15.0 Å². The van der Waals surface area contributed by atoms with E-state index in [4.69, 9.17) is 26.2 Å². The van der Waals surface area contributed by atoms with Gasteiger partial charge in [-0.05, 0) is 56.6 Å².